The Bertz CT molecular complexity index is 513. The first kappa shape index (κ1) is 15.1. The number of hydrogen-bond acceptors (Lipinski definition) is 2. The highest BCUT2D eigenvalue weighted by molar-refractivity contribution is 6.30. The molecule has 110 valence electrons. The lowest BCUT2D eigenvalue weighted by Crippen LogP contribution is -2.35. The first-order valence-corrected chi connectivity index (χ1v) is 7.07. The minimum absolute atomic E-state index is 0.121. The molecule has 3 nitrogen and oxygen atoms in total. The molecule has 0 aromatic heterocycles. The van der Waals surface area contributed by atoms with E-state index in [1.165, 1.54) is 6.07 Å². The van der Waals surface area contributed by atoms with Crippen LogP contribution in [0.4, 0.5) is 9.18 Å². The second kappa shape index (κ2) is 5.60. The predicted octanol–water partition coefficient (Wildman–Crippen LogP) is 4.20. The molecule has 1 aliphatic rings. The molecule has 1 fully saturated rings. The maximum absolute atomic E-state index is 13.5. The molecule has 1 heterocycles. The summed E-state index contributed by atoms with van der Waals surface area (Å²) >= 11 is 5.68. The summed E-state index contributed by atoms with van der Waals surface area (Å²) in [4.78, 5) is 13.6. The minimum atomic E-state index is -0.498. The van der Waals surface area contributed by atoms with Gasteiger partial charge < -0.3 is 9.64 Å². The summed E-state index contributed by atoms with van der Waals surface area (Å²) in [5, 5.41) is 0.121. The van der Waals surface area contributed by atoms with Gasteiger partial charge in [0.15, 0.2) is 0 Å². The Kier molecular flexibility index (Phi) is 4.23. The standard InChI is InChI=1S/C15H19ClFNO2/c1-15(2,3)20-14(19)18-7-6-11(9-18)10-4-5-12(16)13(17)8-10/h4-5,8,11H,6-7,9H2,1-3H3. The highest BCUT2D eigenvalue weighted by Gasteiger charge is 2.30. The lowest BCUT2D eigenvalue weighted by Gasteiger charge is -2.24. The van der Waals surface area contributed by atoms with Crippen molar-refractivity contribution >= 4 is 17.7 Å². The molecule has 1 aliphatic heterocycles. The highest BCUT2D eigenvalue weighted by Crippen LogP contribution is 2.30. The minimum Gasteiger partial charge on any atom is -0.444 e. The van der Waals surface area contributed by atoms with Crippen molar-refractivity contribution < 1.29 is 13.9 Å². The third kappa shape index (κ3) is 3.63. The number of nitrogens with zero attached hydrogens (tertiary/aromatic N) is 1. The van der Waals surface area contributed by atoms with Gasteiger partial charge in [-0.15, -0.1) is 0 Å². The monoisotopic (exact) mass is 299 g/mol. The molecule has 0 aliphatic carbocycles. The van der Waals surface area contributed by atoms with Gasteiger partial charge in [-0.3, -0.25) is 0 Å². The fourth-order valence-electron chi connectivity index (χ4n) is 2.29. The van der Waals surface area contributed by atoms with Crippen LogP contribution >= 0.6 is 11.6 Å². The van der Waals surface area contributed by atoms with E-state index < -0.39 is 11.4 Å². The van der Waals surface area contributed by atoms with E-state index in [9.17, 15) is 9.18 Å². The average molecular weight is 300 g/mol. The van der Waals surface area contributed by atoms with Gasteiger partial charge in [-0.2, -0.15) is 0 Å². The normalized spacial score (nSPS) is 19.2. The summed E-state index contributed by atoms with van der Waals surface area (Å²) in [7, 11) is 0. The molecule has 5 heteroatoms. The maximum Gasteiger partial charge on any atom is 0.410 e. The smallest absolute Gasteiger partial charge is 0.410 e. The number of amides is 1. The van der Waals surface area contributed by atoms with Gasteiger partial charge in [-0.05, 0) is 44.9 Å². The molecule has 1 aromatic rings. The number of halogens is 2. The summed E-state index contributed by atoms with van der Waals surface area (Å²) < 4.78 is 18.8. The van der Waals surface area contributed by atoms with Crippen LogP contribution in [0.1, 0.15) is 38.7 Å². The Morgan fingerprint density at radius 1 is 1.45 bits per heavy atom. The third-order valence-electron chi connectivity index (χ3n) is 3.26. The van der Waals surface area contributed by atoms with Crippen molar-refractivity contribution in [3.63, 3.8) is 0 Å². The molecule has 0 spiro atoms. The van der Waals surface area contributed by atoms with Crippen molar-refractivity contribution in [3.8, 4) is 0 Å². The lowest BCUT2D eigenvalue weighted by molar-refractivity contribution is 0.0292. The number of ether oxygens (including phenoxy) is 1. The van der Waals surface area contributed by atoms with Gasteiger partial charge in [0.2, 0.25) is 0 Å². The van der Waals surface area contributed by atoms with Crippen LogP contribution in [-0.2, 0) is 4.74 Å². The van der Waals surface area contributed by atoms with E-state index >= 15 is 0 Å². The number of likely N-dealkylation sites (tertiary alicyclic amines) is 1. The Hall–Kier alpha value is -1.29. The van der Waals surface area contributed by atoms with Crippen molar-refractivity contribution in [2.75, 3.05) is 13.1 Å². The molecular formula is C15H19ClFNO2. The molecule has 2 rings (SSSR count). The molecule has 1 amide bonds. The molecule has 1 unspecified atom stereocenters. The summed E-state index contributed by atoms with van der Waals surface area (Å²) in [6, 6.07) is 4.82. The van der Waals surface area contributed by atoms with Crippen LogP contribution in [0, 0.1) is 5.82 Å². The van der Waals surface area contributed by atoms with Crippen LogP contribution in [0.2, 0.25) is 5.02 Å². The summed E-state index contributed by atoms with van der Waals surface area (Å²) in [5.41, 5.74) is 0.375. The molecule has 1 saturated heterocycles. The van der Waals surface area contributed by atoms with E-state index in [0.717, 1.165) is 12.0 Å². The topological polar surface area (TPSA) is 29.5 Å². The van der Waals surface area contributed by atoms with Crippen molar-refractivity contribution in [1.82, 2.24) is 4.90 Å². The molecule has 0 N–H and O–H groups in total. The Labute approximate surface area is 123 Å². The molecule has 0 bridgehead atoms. The fourth-order valence-corrected chi connectivity index (χ4v) is 2.41. The van der Waals surface area contributed by atoms with Crippen molar-refractivity contribution in [2.45, 2.75) is 38.7 Å². The van der Waals surface area contributed by atoms with Crippen molar-refractivity contribution in [3.05, 3.63) is 34.6 Å². The zero-order valence-electron chi connectivity index (χ0n) is 12.0. The first-order chi connectivity index (χ1) is 9.26. The van der Waals surface area contributed by atoms with Gasteiger partial charge in [-0.25, -0.2) is 9.18 Å². The quantitative estimate of drug-likeness (QED) is 0.777. The molecule has 20 heavy (non-hydrogen) atoms. The van der Waals surface area contributed by atoms with Gasteiger partial charge >= 0.3 is 6.09 Å². The maximum atomic E-state index is 13.5. The summed E-state index contributed by atoms with van der Waals surface area (Å²) in [6.07, 6.45) is 0.495. The van der Waals surface area contributed by atoms with E-state index in [-0.39, 0.29) is 17.0 Å². The van der Waals surface area contributed by atoms with Crippen LogP contribution in [0.5, 0.6) is 0 Å². The van der Waals surface area contributed by atoms with Crippen LogP contribution in [-0.4, -0.2) is 29.7 Å². The van der Waals surface area contributed by atoms with E-state index in [4.69, 9.17) is 16.3 Å². The summed E-state index contributed by atoms with van der Waals surface area (Å²) in [5.74, 6) is -0.283. The Balaban J connectivity index is 2.01. The van der Waals surface area contributed by atoms with Crippen LogP contribution < -0.4 is 0 Å². The molecule has 0 saturated carbocycles. The average Bonchev–Trinajstić information content (AvgIpc) is 2.80. The lowest BCUT2D eigenvalue weighted by atomic mass is 9.98. The Morgan fingerprint density at radius 3 is 2.75 bits per heavy atom. The van der Waals surface area contributed by atoms with Crippen molar-refractivity contribution in [2.24, 2.45) is 0 Å². The molecular weight excluding hydrogens is 281 g/mol. The zero-order chi connectivity index (χ0) is 14.9. The molecule has 1 aromatic carbocycles. The highest BCUT2D eigenvalue weighted by atomic mass is 35.5. The largest absolute Gasteiger partial charge is 0.444 e. The number of carbonyl (C=O) groups is 1. The summed E-state index contributed by atoms with van der Waals surface area (Å²) in [6.45, 7) is 6.70. The number of hydrogen-bond donors (Lipinski definition) is 0. The van der Waals surface area contributed by atoms with E-state index in [1.807, 2.05) is 26.8 Å². The fraction of sp³-hybridized carbons (Fsp3) is 0.533. The van der Waals surface area contributed by atoms with Crippen LogP contribution in [0.15, 0.2) is 18.2 Å². The van der Waals surface area contributed by atoms with Gasteiger partial charge in [0.25, 0.3) is 0 Å². The van der Waals surface area contributed by atoms with Gasteiger partial charge in [0, 0.05) is 19.0 Å². The van der Waals surface area contributed by atoms with Crippen LogP contribution in [0.25, 0.3) is 0 Å². The third-order valence-corrected chi connectivity index (χ3v) is 3.56. The van der Waals surface area contributed by atoms with Crippen LogP contribution in [0.3, 0.4) is 0 Å². The number of rotatable bonds is 1. The zero-order valence-corrected chi connectivity index (χ0v) is 12.7. The molecule has 1 atom stereocenters. The first-order valence-electron chi connectivity index (χ1n) is 6.69. The molecule has 0 radical (unpaired) electrons. The number of benzene rings is 1. The van der Waals surface area contributed by atoms with Gasteiger partial charge in [-0.1, -0.05) is 17.7 Å². The second-order valence-corrected chi connectivity index (χ2v) is 6.49. The second-order valence-electron chi connectivity index (χ2n) is 6.09. The van der Waals surface area contributed by atoms with Gasteiger partial charge in [0.1, 0.15) is 11.4 Å². The van der Waals surface area contributed by atoms with E-state index in [0.29, 0.717) is 13.1 Å². The Morgan fingerprint density at radius 2 is 2.15 bits per heavy atom. The number of carbonyl (C=O) groups excluding carboxylic acids is 1. The SMILES string of the molecule is CC(C)(C)OC(=O)N1CCC(c2ccc(Cl)c(F)c2)C1. The van der Waals surface area contributed by atoms with Crippen molar-refractivity contribution in [1.29, 1.82) is 0 Å². The van der Waals surface area contributed by atoms with Gasteiger partial charge in [0.05, 0.1) is 5.02 Å². The van der Waals surface area contributed by atoms with E-state index in [1.54, 1.807) is 11.0 Å². The van der Waals surface area contributed by atoms with E-state index in [2.05, 4.69) is 0 Å². The predicted molar refractivity (Wildman–Crippen MR) is 76.6 cm³/mol.